The second kappa shape index (κ2) is 5.56. The Morgan fingerprint density at radius 1 is 1.53 bits per heavy atom. The normalized spacial score (nSPS) is 12.5. The van der Waals surface area contributed by atoms with Crippen molar-refractivity contribution in [2.24, 2.45) is 5.73 Å². The van der Waals surface area contributed by atoms with Crippen LogP contribution in [0.3, 0.4) is 0 Å². The lowest BCUT2D eigenvalue weighted by Gasteiger charge is -2.07. The van der Waals surface area contributed by atoms with Crippen LogP contribution in [0.5, 0.6) is 0 Å². The van der Waals surface area contributed by atoms with Crippen LogP contribution in [0.25, 0.3) is 0 Å². The van der Waals surface area contributed by atoms with Crippen LogP contribution in [-0.2, 0) is 16.0 Å². The average Bonchev–Trinajstić information content (AvgIpc) is 2.66. The van der Waals surface area contributed by atoms with Crippen molar-refractivity contribution in [1.82, 2.24) is 0 Å². The van der Waals surface area contributed by atoms with E-state index in [0.717, 1.165) is 12.2 Å². The summed E-state index contributed by atoms with van der Waals surface area (Å²) in [5, 5.41) is 0. The van der Waals surface area contributed by atoms with Crippen molar-refractivity contribution in [2.75, 3.05) is 6.61 Å². The molecule has 15 heavy (non-hydrogen) atoms. The molecule has 0 aromatic carbocycles. The van der Waals surface area contributed by atoms with Gasteiger partial charge in [0.15, 0.2) is 0 Å². The van der Waals surface area contributed by atoms with Gasteiger partial charge >= 0.3 is 5.97 Å². The maximum absolute atomic E-state index is 11.2. The van der Waals surface area contributed by atoms with Gasteiger partial charge in [0.05, 0.1) is 19.1 Å². The minimum atomic E-state index is -0.413. The van der Waals surface area contributed by atoms with Crippen molar-refractivity contribution in [3.05, 3.63) is 23.7 Å². The molecule has 0 radical (unpaired) electrons. The van der Waals surface area contributed by atoms with Crippen molar-refractivity contribution >= 4 is 5.97 Å². The number of aryl methyl sites for hydroxylation is 1. The summed E-state index contributed by atoms with van der Waals surface area (Å²) in [6, 6.07) is 3.27. The molecular weight excluding hydrogens is 194 g/mol. The van der Waals surface area contributed by atoms with Gasteiger partial charge in [-0.2, -0.15) is 0 Å². The van der Waals surface area contributed by atoms with Crippen LogP contribution in [-0.4, -0.2) is 12.6 Å². The van der Waals surface area contributed by atoms with Gasteiger partial charge in [0.25, 0.3) is 0 Å². The van der Waals surface area contributed by atoms with E-state index in [0.29, 0.717) is 12.4 Å². The number of hydrogen-bond donors (Lipinski definition) is 1. The Morgan fingerprint density at radius 2 is 2.27 bits per heavy atom. The van der Waals surface area contributed by atoms with Crippen LogP contribution in [0, 0.1) is 0 Å². The predicted molar refractivity (Wildman–Crippen MR) is 56.3 cm³/mol. The highest BCUT2D eigenvalue weighted by Gasteiger charge is 2.15. The summed E-state index contributed by atoms with van der Waals surface area (Å²) < 4.78 is 10.2. The third kappa shape index (κ3) is 3.40. The van der Waals surface area contributed by atoms with Crippen molar-refractivity contribution in [3.8, 4) is 0 Å². The number of carbonyl (C=O) groups excluding carboxylic acids is 1. The van der Waals surface area contributed by atoms with Gasteiger partial charge in [0, 0.05) is 6.42 Å². The van der Waals surface area contributed by atoms with E-state index in [-0.39, 0.29) is 12.4 Å². The van der Waals surface area contributed by atoms with Gasteiger partial charge in [0.1, 0.15) is 11.5 Å². The zero-order valence-corrected chi connectivity index (χ0v) is 9.16. The molecule has 0 aliphatic carbocycles. The van der Waals surface area contributed by atoms with Gasteiger partial charge in [-0.05, 0) is 19.1 Å². The van der Waals surface area contributed by atoms with Crippen LogP contribution < -0.4 is 5.73 Å². The first kappa shape index (κ1) is 11.8. The van der Waals surface area contributed by atoms with Gasteiger partial charge in [0.2, 0.25) is 0 Å². The largest absolute Gasteiger partial charge is 0.466 e. The summed E-state index contributed by atoms with van der Waals surface area (Å²) in [4.78, 5) is 11.2. The fraction of sp³-hybridized carbons (Fsp3) is 0.545. The first-order valence-electron chi connectivity index (χ1n) is 5.17. The first-order chi connectivity index (χ1) is 7.17. The Bertz CT molecular complexity index is 319. The van der Waals surface area contributed by atoms with Crippen LogP contribution in [0.15, 0.2) is 16.5 Å². The fourth-order valence-electron chi connectivity index (χ4n) is 1.28. The summed E-state index contributed by atoms with van der Waals surface area (Å²) in [7, 11) is 0. The molecule has 4 heteroatoms. The molecule has 2 N–H and O–H groups in total. The fourth-order valence-corrected chi connectivity index (χ4v) is 1.28. The molecule has 84 valence electrons. The van der Waals surface area contributed by atoms with E-state index >= 15 is 0 Å². The Kier molecular flexibility index (Phi) is 4.37. The van der Waals surface area contributed by atoms with Gasteiger partial charge in [-0.1, -0.05) is 6.92 Å². The lowest BCUT2D eigenvalue weighted by molar-refractivity contribution is -0.143. The van der Waals surface area contributed by atoms with Gasteiger partial charge in [-0.3, -0.25) is 4.79 Å². The monoisotopic (exact) mass is 211 g/mol. The van der Waals surface area contributed by atoms with Crippen LogP contribution in [0.2, 0.25) is 0 Å². The van der Waals surface area contributed by atoms with E-state index in [9.17, 15) is 4.79 Å². The number of rotatable bonds is 5. The lowest BCUT2D eigenvalue weighted by atomic mass is 10.2. The molecule has 0 fully saturated rings. The molecule has 1 atom stereocenters. The number of ether oxygens (including phenoxy) is 1. The molecular formula is C11H17NO3. The standard InChI is InChI=1S/C11H17NO3/c1-3-8-5-6-10(15-8)9(12)7-11(13)14-4-2/h5-6,9H,3-4,7,12H2,1-2H3/t9-/m1/s1. The summed E-state index contributed by atoms with van der Waals surface area (Å²) in [5.74, 6) is 1.23. The minimum Gasteiger partial charge on any atom is -0.466 e. The number of carbonyl (C=O) groups is 1. The molecule has 0 aliphatic rings. The van der Waals surface area contributed by atoms with E-state index < -0.39 is 6.04 Å². The van der Waals surface area contributed by atoms with E-state index in [1.807, 2.05) is 19.1 Å². The smallest absolute Gasteiger partial charge is 0.307 e. The maximum atomic E-state index is 11.2. The summed E-state index contributed by atoms with van der Waals surface area (Å²) in [6.07, 6.45) is 0.983. The second-order valence-corrected chi connectivity index (χ2v) is 3.27. The zero-order chi connectivity index (χ0) is 11.3. The molecule has 1 rings (SSSR count). The highest BCUT2D eigenvalue weighted by molar-refractivity contribution is 5.70. The maximum Gasteiger partial charge on any atom is 0.307 e. The Labute approximate surface area is 89.4 Å². The molecule has 1 heterocycles. The number of hydrogen-bond acceptors (Lipinski definition) is 4. The molecule has 0 spiro atoms. The number of nitrogens with two attached hydrogens (primary N) is 1. The predicted octanol–water partition coefficient (Wildman–Crippen LogP) is 1.80. The quantitative estimate of drug-likeness (QED) is 0.754. The van der Waals surface area contributed by atoms with Crippen molar-refractivity contribution < 1.29 is 13.9 Å². The summed E-state index contributed by atoms with van der Waals surface area (Å²) >= 11 is 0. The van der Waals surface area contributed by atoms with E-state index in [1.54, 1.807) is 6.92 Å². The van der Waals surface area contributed by atoms with Crippen LogP contribution in [0.4, 0.5) is 0 Å². The zero-order valence-electron chi connectivity index (χ0n) is 9.16. The summed E-state index contributed by atoms with van der Waals surface area (Å²) in [6.45, 7) is 4.15. The van der Waals surface area contributed by atoms with Gasteiger partial charge < -0.3 is 14.9 Å². The van der Waals surface area contributed by atoms with Gasteiger partial charge in [-0.25, -0.2) is 0 Å². The third-order valence-electron chi connectivity index (χ3n) is 2.09. The van der Waals surface area contributed by atoms with E-state index in [4.69, 9.17) is 14.9 Å². The Hall–Kier alpha value is -1.29. The van der Waals surface area contributed by atoms with E-state index in [2.05, 4.69) is 0 Å². The van der Waals surface area contributed by atoms with E-state index in [1.165, 1.54) is 0 Å². The Balaban J connectivity index is 2.52. The number of esters is 1. The second-order valence-electron chi connectivity index (χ2n) is 3.27. The molecule has 1 aromatic heterocycles. The van der Waals surface area contributed by atoms with Crippen molar-refractivity contribution in [3.63, 3.8) is 0 Å². The molecule has 0 bridgehead atoms. The lowest BCUT2D eigenvalue weighted by Crippen LogP contribution is -2.16. The number of furan rings is 1. The topological polar surface area (TPSA) is 65.5 Å². The van der Waals surface area contributed by atoms with Gasteiger partial charge in [-0.15, -0.1) is 0 Å². The molecule has 0 saturated carbocycles. The first-order valence-corrected chi connectivity index (χ1v) is 5.17. The molecule has 0 amide bonds. The van der Waals surface area contributed by atoms with Crippen molar-refractivity contribution in [2.45, 2.75) is 32.7 Å². The van der Waals surface area contributed by atoms with Crippen molar-refractivity contribution in [1.29, 1.82) is 0 Å². The molecule has 4 nitrogen and oxygen atoms in total. The molecule has 1 aromatic rings. The third-order valence-corrected chi connectivity index (χ3v) is 2.09. The SMILES string of the molecule is CCOC(=O)C[C@@H](N)c1ccc(CC)o1. The highest BCUT2D eigenvalue weighted by atomic mass is 16.5. The van der Waals surface area contributed by atoms with Crippen LogP contribution >= 0.6 is 0 Å². The molecule has 0 aliphatic heterocycles. The minimum absolute atomic E-state index is 0.157. The highest BCUT2D eigenvalue weighted by Crippen LogP contribution is 2.18. The molecule has 0 saturated heterocycles. The molecule has 0 unspecified atom stereocenters. The van der Waals surface area contributed by atoms with Crippen LogP contribution in [0.1, 0.15) is 37.8 Å². The Morgan fingerprint density at radius 3 is 2.80 bits per heavy atom. The average molecular weight is 211 g/mol. The summed E-state index contributed by atoms with van der Waals surface area (Å²) in [5.41, 5.74) is 5.80.